The molecule has 0 aromatic carbocycles. The Morgan fingerprint density at radius 1 is 1.36 bits per heavy atom. The third-order valence-corrected chi connectivity index (χ3v) is 1.88. The number of unbranched alkanes of at least 4 members (excludes halogenated alkanes) is 2. The van der Waals surface area contributed by atoms with Gasteiger partial charge in [-0.15, -0.1) is 0 Å². The van der Waals surface area contributed by atoms with Crippen molar-refractivity contribution in [3.05, 3.63) is 0 Å². The van der Waals surface area contributed by atoms with Crippen LogP contribution in [0.25, 0.3) is 0 Å². The molecule has 0 spiro atoms. The molecule has 0 heterocycles. The Morgan fingerprint density at radius 2 is 1.93 bits per heavy atom. The van der Waals surface area contributed by atoms with Crippen LogP contribution in [0.5, 0.6) is 0 Å². The van der Waals surface area contributed by atoms with Gasteiger partial charge < -0.3 is 5.32 Å². The van der Waals surface area contributed by atoms with Crippen LogP contribution in [0.2, 0.25) is 0 Å². The van der Waals surface area contributed by atoms with Crippen LogP contribution in [-0.2, 0) is 4.79 Å². The van der Waals surface area contributed by atoms with E-state index in [0.29, 0.717) is 6.42 Å². The van der Waals surface area contributed by atoms with E-state index < -0.39 is 18.1 Å². The number of hydrogen-bond donors (Lipinski definition) is 1. The molecule has 2 nitrogen and oxygen atoms in total. The van der Waals surface area contributed by atoms with Crippen LogP contribution < -0.4 is 5.32 Å². The minimum Gasteiger partial charge on any atom is -0.346 e. The van der Waals surface area contributed by atoms with E-state index in [1.54, 1.807) is 6.92 Å². The molecule has 0 aromatic rings. The summed E-state index contributed by atoms with van der Waals surface area (Å²) >= 11 is 0. The molecule has 0 saturated heterocycles. The van der Waals surface area contributed by atoms with Crippen molar-refractivity contribution in [2.75, 3.05) is 0 Å². The van der Waals surface area contributed by atoms with Gasteiger partial charge >= 0.3 is 12.1 Å². The average Bonchev–Trinajstić information content (AvgIpc) is 2.03. The topological polar surface area (TPSA) is 29.1 Å². The lowest BCUT2D eigenvalue weighted by Gasteiger charge is -2.14. The first kappa shape index (κ1) is 13.3. The third kappa shape index (κ3) is 5.83. The van der Waals surface area contributed by atoms with Crippen molar-refractivity contribution in [1.82, 2.24) is 5.32 Å². The standard InChI is InChI=1S/C9H16F3NO/c1-3-4-5-6-7(2)13-8(14)9(10,11)12/h7H,3-6H2,1-2H3,(H,13,14)/t7-/m1/s1. The Labute approximate surface area is 81.9 Å². The lowest BCUT2D eigenvalue weighted by molar-refractivity contribution is -0.174. The van der Waals surface area contributed by atoms with Gasteiger partial charge in [-0.25, -0.2) is 0 Å². The van der Waals surface area contributed by atoms with Crippen molar-refractivity contribution in [2.45, 2.75) is 51.7 Å². The van der Waals surface area contributed by atoms with Gasteiger partial charge in [0.1, 0.15) is 0 Å². The fourth-order valence-corrected chi connectivity index (χ4v) is 1.08. The van der Waals surface area contributed by atoms with Gasteiger partial charge in [0.2, 0.25) is 0 Å². The largest absolute Gasteiger partial charge is 0.471 e. The van der Waals surface area contributed by atoms with Crippen LogP contribution in [0.15, 0.2) is 0 Å². The summed E-state index contributed by atoms with van der Waals surface area (Å²) in [6, 6.07) is -0.407. The minimum absolute atomic E-state index is 0.407. The molecule has 84 valence electrons. The molecule has 0 saturated carbocycles. The molecule has 0 bridgehead atoms. The fourth-order valence-electron chi connectivity index (χ4n) is 1.08. The van der Waals surface area contributed by atoms with E-state index in [2.05, 4.69) is 0 Å². The second kappa shape index (κ2) is 5.88. The van der Waals surface area contributed by atoms with Gasteiger partial charge in [-0.2, -0.15) is 13.2 Å². The van der Waals surface area contributed by atoms with E-state index in [-0.39, 0.29) is 0 Å². The van der Waals surface area contributed by atoms with Crippen LogP contribution in [0, 0.1) is 0 Å². The molecule has 1 atom stereocenters. The molecule has 0 aliphatic carbocycles. The van der Waals surface area contributed by atoms with Gasteiger partial charge in [0.25, 0.3) is 0 Å². The summed E-state index contributed by atoms with van der Waals surface area (Å²) in [6.07, 6.45) is -1.34. The molecule has 14 heavy (non-hydrogen) atoms. The predicted molar refractivity (Wildman–Crippen MR) is 47.8 cm³/mol. The Kier molecular flexibility index (Phi) is 5.57. The first-order chi connectivity index (χ1) is 6.38. The summed E-state index contributed by atoms with van der Waals surface area (Å²) in [5.74, 6) is -1.85. The molecule has 0 aliphatic rings. The van der Waals surface area contributed by atoms with E-state index in [4.69, 9.17) is 0 Å². The van der Waals surface area contributed by atoms with Crippen molar-refractivity contribution >= 4 is 5.91 Å². The van der Waals surface area contributed by atoms with E-state index in [9.17, 15) is 18.0 Å². The monoisotopic (exact) mass is 211 g/mol. The molecule has 0 aromatic heterocycles. The summed E-state index contributed by atoms with van der Waals surface area (Å²) in [5, 5.41) is 1.91. The Balaban J connectivity index is 3.72. The van der Waals surface area contributed by atoms with Crippen LogP contribution >= 0.6 is 0 Å². The average molecular weight is 211 g/mol. The Bertz CT molecular complexity index is 179. The van der Waals surface area contributed by atoms with Crippen molar-refractivity contribution in [2.24, 2.45) is 0 Å². The molecular formula is C9H16F3NO. The zero-order valence-electron chi connectivity index (χ0n) is 8.45. The van der Waals surface area contributed by atoms with Gasteiger partial charge in [0.15, 0.2) is 0 Å². The van der Waals surface area contributed by atoms with E-state index in [0.717, 1.165) is 19.3 Å². The highest BCUT2D eigenvalue weighted by atomic mass is 19.4. The number of nitrogens with one attached hydrogen (secondary N) is 1. The number of rotatable bonds is 5. The van der Waals surface area contributed by atoms with Crippen molar-refractivity contribution in [3.63, 3.8) is 0 Å². The van der Waals surface area contributed by atoms with Crippen LogP contribution in [0.3, 0.4) is 0 Å². The maximum Gasteiger partial charge on any atom is 0.471 e. The molecular weight excluding hydrogens is 195 g/mol. The highest BCUT2D eigenvalue weighted by Crippen LogP contribution is 2.15. The third-order valence-electron chi connectivity index (χ3n) is 1.88. The highest BCUT2D eigenvalue weighted by molar-refractivity contribution is 5.81. The van der Waals surface area contributed by atoms with E-state index in [1.807, 2.05) is 12.2 Å². The molecule has 0 fully saturated rings. The minimum atomic E-state index is -4.76. The second-order valence-electron chi connectivity index (χ2n) is 3.37. The van der Waals surface area contributed by atoms with Crippen LogP contribution in [0.1, 0.15) is 39.5 Å². The molecule has 0 unspecified atom stereocenters. The van der Waals surface area contributed by atoms with Crippen LogP contribution in [0.4, 0.5) is 13.2 Å². The number of hydrogen-bond acceptors (Lipinski definition) is 1. The van der Waals surface area contributed by atoms with Gasteiger partial charge in [-0.1, -0.05) is 26.2 Å². The summed E-state index contributed by atoms with van der Waals surface area (Å²) in [7, 11) is 0. The van der Waals surface area contributed by atoms with Crippen molar-refractivity contribution < 1.29 is 18.0 Å². The number of alkyl halides is 3. The van der Waals surface area contributed by atoms with Gasteiger partial charge in [0, 0.05) is 6.04 Å². The first-order valence-electron chi connectivity index (χ1n) is 4.75. The van der Waals surface area contributed by atoms with Crippen molar-refractivity contribution in [3.8, 4) is 0 Å². The van der Waals surface area contributed by atoms with Gasteiger partial charge in [-0.3, -0.25) is 4.79 Å². The Morgan fingerprint density at radius 3 is 2.36 bits per heavy atom. The molecule has 0 aliphatic heterocycles. The molecule has 0 rings (SSSR count). The molecule has 1 amide bonds. The number of amides is 1. The first-order valence-corrected chi connectivity index (χ1v) is 4.75. The number of halogens is 3. The lowest BCUT2D eigenvalue weighted by Crippen LogP contribution is -2.41. The summed E-state index contributed by atoms with van der Waals surface area (Å²) in [4.78, 5) is 10.5. The predicted octanol–water partition coefficient (Wildman–Crippen LogP) is 2.63. The summed E-state index contributed by atoms with van der Waals surface area (Å²) < 4.78 is 35.4. The van der Waals surface area contributed by atoms with Crippen molar-refractivity contribution in [1.29, 1.82) is 0 Å². The molecule has 5 heteroatoms. The highest BCUT2D eigenvalue weighted by Gasteiger charge is 2.38. The smallest absolute Gasteiger partial charge is 0.346 e. The fraction of sp³-hybridized carbons (Fsp3) is 0.889. The summed E-state index contributed by atoms with van der Waals surface area (Å²) in [6.45, 7) is 3.60. The number of carbonyl (C=O) groups is 1. The quantitative estimate of drug-likeness (QED) is 0.696. The normalized spacial score (nSPS) is 13.8. The number of carbonyl (C=O) groups excluding carboxylic acids is 1. The van der Waals surface area contributed by atoms with Gasteiger partial charge in [-0.05, 0) is 13.3 Å². The zero-order valence-corrected chi connectivity index (χ0v) is 8.45. The summed E-state index contributed by atoms with van der Waals surface area (Å²) in [5.41, 5.74) is 0. The van der Waals surface area contributed by atoms with E-state index in [1.165, 1.54) is 0 Å². The molecule has 1 N–H and O–H groups in total. The Hall–Kier alpha value is -0.740. The van der Waals surface area contributed by atoms with Crippen LogP contribution in [-0.4, -0.2) is 18.1 Å². The SMILES string of the molecule is CCCCC[C@@H](C)NC(=O)C(F)(F)F. The zero-order chi connectivity index (χ0) is 11.2. The lowest BCUT2D eigenvalue weighted by atomic mass is 10.1. The maximum atomic E-state index is 11.8. The maximum absolute atomic E-state index is 11.8. The van der Waals surface area contributed by atoms with Gasteiger partial charge in [0.05, 0.1) is 0 Å². The molecule has 0 radical (unpaired) electrons. The van der Waals surface area contributed by atoms with E-state index >= 15 is 0 Å². The second-order valence-corrected chi connectivity index (χ2v) is 3.37.